The van der Waals surface area contributed by atoms with E-state index in [0.717, 1.165) is 25.3 Å². The molecule has 0 fully saturated rings. The fraction of sp³-hybridized carbons (Fsp3) is 0.368. The third kappa shape index (κ3) is 3.85. The third-order valence-corrected chi connectivity index (χ3v) is 4.23. The minimum Gasteiger partial charge on any atom is -0.361 e. The van der Waals surface area contributed by atoms with Crippen LogP contribution in [-0.2, 0) is 6.42 Å². The van der Waals surface area contributed by atoms with E-state index in [4.69, 9.17) is 0 Å². The summed E-state index contributed by atoms with van der Waals surface area (Å²) in [6.45, 7) is 4.03. The molecular formula is C19H25N5. The quantitative estimate of drug-likeness (QED) is 0.661. The van der Waals surface area contributed by atoms with Gasteiger partial charge in [0.1, 0.15) is 5.82 Å². The second-order valence-corrected chi connectivity index (χ2v) is 6.05. The van der Waals surface area contributed by atoms with Gasteiger partial charge < -0.3 is 15.2 Å². The second kappa shape index (κ2) is 7.81. The van der Waals surface area contributed by atoms with E-state index in [1.54, 1.807) is 0 Å². The normalized spacial score (nSPS) is 10.9. The van der Waals surface area contributed by atoms with Crippen LogP contribution in [0.3, 0.4) is 0 Å². The summed E-state index contributed by atoms with van der Waals surface area (Å²) >= 11 is 0. The Balaban J connectivity index is 1.58. The molecule has 0 aliphatic heterocycles. The number of aromatic nitrogens is 3. The number of hydrogen-bond acceptors (Lipinski definition) is 4. The molecule has 0 aliphatic carbocycles. The van der Waals surface area contributed by atoms with E-state index < -0.39 is 0 Å². The van der Waals surface area contributed by atoms with Crippen molar-refractivity contribution >= 4 is 22.7 Å². The number of anilines is 2. The van der Waals surface area contributed by atoms with Crippen molar-refractivity contribution in [2.45, 2.75) is 26.2 Å². The average molecular weight is 323 g/mol. The molecule has 3 rings (SSSR count). The van der Waals surface area contributed by atoms with Crippen molar-refractivity contribution in [3.63, 3.8) is 0 Å². The standard InChI is InChI=1S/C19H25N5/c1-3-4-13-24(2)18-10-12-21-19(23-18)20-11-9-15-14-22-17-8-6-5-7-16(15)17/h5-8,10,12,14,22H,3-4,9,11,13H2,1-2H3,(H,20,21,23). The monoisotopic (exact) mass is 323 g/mol. The van der Waals surface area contributed by atoms with Gasteiger partial charge in [0, 0.05) is 43.4 Å². The van der Waals surface area contributed by atoms with E-state index >= 15 is 0 Å². The topological polar surface area (TPSA) is 56.8 Å². The van der Waals surface area contributed by atoms with Crippen LogP contribution in [0.25, 0.3) is 10.9 Å². The van der Waals surface area contributed by atoms with Crippen molar-refractivity contribution in [1.82, 2.24) is 15.0 Å². The highest BCUT2D eigenvalue weighted by molar-refractivity contribution is 5.83. The lowest BCUT2D eigenvalue weighted by Crippen LogP contribution is -2.20. The van der Waals surface area contributed by atoms with Crippen LogP contribution in [0, 0.1) is 0 Å². The molecule has 5 heteroatoms. The zero-order valence-corrected chi connectivity index (χ0v) is 14.4. The average Bonchev–Trinajstić information content (AvgIpc) is 3.03. The van der Waals surface area contributed by atoms with Gasteiger partial charge in [-0.25, -0.2) is 4.98 Å². The molecular weight excluding hydrogens is 298 g/mol. The highest BCUT2D eigenvalue weighted by atomic mass is 15.2. The molecule has 1 aromatic carbocycles. The van der Waals surface area contributed by atoms with E-state index in [0.29, 0.717) is 5.95 Å². The molecule has 0 amide bonds. The largest absolute Gasteiger partial charge is 0.361 e. The Kier molecular flexibility index (Phi) is 5.31. The summed E-state index contributed by atoms with van der Waals surface area (Å²) in [5, 5.41) is 4.62. The van der Waals surface area contributed by atoms with Crippen molar-refractivity contribution in [3.05, 3.63) is 48.3 Å². The van der Waals surface area contributed by atoms with Crippen LogP contribution < -0.4 is 10.2 Å². The summed E-state index contributed by atoms with van der Waals surface area (Å²) < 4.78 is 0. The SMILES string of the molecule is CCCCN(C)c1ccnc(NCCc2c[nH]c3ccccc23)n1. The Morgan fingerprint density at radius 2 is 2.08 bits per heavy atom. The Morgan fingerprint density at radius 3 is 2.96 bits per heavy atom. The summed E-state index contributed by atoms with van der Waals surface area (Å²) in [5.41, 5.74) is 2.50. The molecule has 0 saturated heterocycles. The number of H-pyrrole nitrogens is 1. The molecule has 0 atom stereocenters. The number of nitrogens with one attached hydrogen (secondary N) is 2. The lowest BCUT2D eigenvalue weighted by atomic mass is 10.1. The lowest BCUT2D eigenvalue weighted by Gasteiger charge is -2.18. The molecule has 126 valence electrons. The molecule has 0 aliphatic rings. The Bertz CT molecular complexity index is 780. The molecule has 24 heavy (non-hydrogen) atoms. The van der Waals surface area contributed by atoms with Gasteiger partial charge in [0.2, 0.25) is 5.95 Å². The van der Waals surface area contributed by atoms with Gasteiger partial charge in [-0.1, -0.05) is 31.5 Å². The van der Waals surface area contributed by atoms with Gasteiger partial charge in [-0.2, -0.15) is 4.98 Å². The fourth-order valence-electron chi connectivity index (χ4n) is 2.80. The number of rotatable bonds is 8. The fourth-order valence-corrected chi connectivity index (χ4v) is 2.80. The lowest BCUT2D eigenvalue weighted by molar-refractivity contribution is 0.758. The van der Waals surface area contributed by atoms with E-state index in [-0.39, 0.29) is 0 Å². The van der Waals surface area contributed by atoms with E-state index in [9.17, 15) is 0 Å². The molecule has 2 aromatic heterocycles. The molecule has 0 bridgehead atoms. The van der Waals surface area contributed by atoms with Gasteiger partial charge in [-0.15, -0.1) is 0 Å². The number of aromatic amines is 1. The summed E-state index contributed by atoms with van der Waals surface area (Å²) in [4.78, 5) is 14.4. The predicted molar refractivity (Wildman–Crippen MR) is 101 cm³/mol. The summed E-state index contributed by atoms with van der Waals surface area (Å²) in [5.74, 6) is 1.66. The minimum absolute atomic E-state index is 0.690. The van der Waals surface area contributed by atoms with Gasteiger partial charge in [-0.3, -0.25) is 0 Å². The summed E-state index contributed by atoms with van der Waals surface area (Å²) in [6, 6.07) is 10.3. The zero-order valence-electron chi connectivity index (χ0n) is 14.4. The smallest absolute Gasteiger partial charge is 0.224 e. The van der Waals surface area contributed by atoms with Crippen molar-refractivity contribution in [2.75, 3.05) is 30.4 Å². The third-order valence-electron chi connectivity index (χ3n) is 4.23. The van der Waals surface area contributed by atoms with Crippen LogP contribution >= 0.6 is 0 Å². The van der Waals surface area contributed by atoms with Crippen LogP contribution in [0.15, 0.2) is 42.7 Å². The van der Waals surface area contributed by atoms with E-state index in [2.05, 4.69) is 69.6 Å². The van der Waals surface area contributed by atoms with E-state index in [1.807, 2.05) is 12.3 Å². The maximum atomic E-state index is 4.60. The number of benzene rings is 1. The Labute approximate surface area is 143 Å². The number of para-hydroxylation sites is 1. The maximum Gasteiger partial charge on any atom is 0.224 e. The van der Waals surface area contributed by atoms with Crippen molar-refractivity contribution in [1.29, 1.82) is 0 Å². The molecule has 2 N–H and O–H groups in total. The summed E-state index contributed by atoms with van der Waals surface area (Å²) in [7, 11) is 2.08. The molecule has 0 spiro atoms. The van der Waals surface area contributed by atoms with Gasteiger partial charge >= 0.3 is 0 Å². The number of unbranched alkanes of at least 4 members (excludes halogenated alkanes) is 1. The highest BCUT2D eigenvalue weighted by Crippen LogP contribution is 2.18. The molecule has 5 nitrogen and oxygen atoms in total. The van der Waals surface area contributed by atoms with Crippen molar-refractivity contribution in [2.24, 2.45) is 0 Å². The molecule has 0 saturated carbocycles. The van der Waals surface area contributed by atoms with Gasteiger partial charge in [0.15, 0.2) is 0 Å². The first-order chi connectivity index (χ1) is 11.8. The Morgan fingerprint density at radius 1 is 1.21 bits per heavy atom. The van der Waals surface area contributed by atoms with Crippen molar-refractivity contribution < 1.29 is 0 Å². The molecule has 3 aromatic rings. The van der Waals surface area contributed by atoms with E-state index in [1.165, 1.54) is 29.3 Å². The van der Waals surface area contributed by atoms with Crippen LogP contribution in [0.4, 0.5) is 11.8 Å². The minimum atomic E-state index is 0.690. The van der Waals surface area contributed by atoms with Crippen LogP contribution in [-0.4, -0.2) is 35.1 Å². The van der Waals surface area contributed by atoms with Gasteiger partial charge in [-0.05, 0) is 30.5 Å². The van der Waals surface area contributed by atoms with Crippen LogP contribution in [0.5, 0.6) is 0 Å². The Hall–Kier alpha value is -2.56. The van der Waals surface area contributed by atoms with Crippen LogP contribution in [0.1, 0.15) is 25.3 Å². The first kappa shape index (κ1) is 16.3. The summed E-state index contributed by atoms with van der Waals surface area (Å²) in [6.07, 6.45) is 7.19. The molecule has 0 radical (unpaired) electrons. The number of fused-ring (bicyclic) bond motifs is 1. The predicted octanol–water partition coefficient (Wildman–Crippen LogP) is 3.85. The van der Waals surface area contributed by atoms with Gasteiger partial charge in [0.05, 0.1) is 0 Å². The molecule has 0 unspecified atom stereocenters. The second-order valence-electron chi connectivity index (χ2n) is 6.05. The number of nitrogens with zero attached hydrogens (tertiary/aromatic N) is 3. The maximum absolute atomic E-state index is 4.60. The van der Waals surface area contributed by atoms with Gasteiger partial charge in [0.25, 0.3) is 0 Å². The van der Waals surface area contributed by atoms with Crippen LogP contribution in [0.2, 0.25) is 0 Å². The first-order valence-corrected chi connectivity index (χ1v) is 8.61. The zero-order chi connectivity index (χ0) is 16.8. The number of hydrogen-bond donors (Lipinski definition) is 2. The van der Waals surface area contributed by atoms with Crippen molar-refractivity contribution in [3.8, 4) is 0 Å². The molecule has 2 heterocycles. The first-order valence-electron chi connectivity index (χ1n) is 8.61. The highest BCUT2D eigenvalue weighted by Gasteiger charge is 2.05.